The van der Waals surface area contributed by atoms with Gasteiger partial charge < -0.3 is 21.3 Å². The normalized spacial score (nSPS) is 23.0. The van der Waals surface area contributed by atoms with E-state index in [9.17, 15) is 9.59 Å². The van der Waals surface area contributed by atoms with Crippen LogP contribution in [-0.4, -0.2) is 53.0 Å². The lowest BCUT2D eigenvalue weighted by molar-refractivity contribution is -0.129. The molecule has 31 heavy (non-hydrogen) atoms. The molecule has 164 valence electrons. The number of piperazine rings is 1. The van der Waals surface area contributed by atoms with Crippen LogP contribution in [0.15, 0.2) is 47.8 Å². The Balaban J connectivity index is 1.26. The van der Waals surface area contributed by atoms with Crippen molar-refractivity contribution in [3.8, 4) is 0 Å². The smallest absolute Gasteiger partial charge is 0.237 e. The number of rotatable bonds is 7. The van der Waals surface area contributed by atoms with Gasteiger partial charge in [0.15, 0.2) is 5.11 Å². The van der Waals surface area contributed by atoms with Crippen molar-refractivity contribution in [3.05, 3.63) is 52.7 Å². The first-order valence-corrected chi connectivity index (χ1v) is 11.8. The van der Waals surface area contributed by atoms with Gasteiger partial charge in [-0.3, -0.25) is 14.5 Å². The number of benzene rings is 1. The number of thiophene rings is 1. The molecule has 4 rings (SSSR count). The van der Waals surface area contributed by atoms with Crippen LogP contribution in [0.1, 0.15) is 24.1 Å². The lowest BCUT2D eigenvalue weighted by atomic mass is 10.0. The molecule has 3 unspecified atom stereocenters. The molecule has 3 heterocycles. The average Bonchev–Trinajstić information content (AvgIpc) is 3.43. The number of amides is 2. The molecular weight excluding hydrogens is 430 g/mol. The summed E-state index contributed by atoms with van der Waals surface area (Å²) in [5.74, 6) is 0.105. The highest BCUT2D eigenvalue weighted by Crippen LogP contribution is 2.26. The summed E-state index contributed by atoms with van der Waals surface area (Å²) >= 11 is 7.09. The van der Waals surface area contributed by atoms with Crippen LogP contribution in [0.2, 0.25) is 0 Å². The Morgan fingerprint density at radius 2 is 2.06 bits per heavy atom. The van der Waals surface area contributed by atoms with Gasteiger partial charge in [-0.15, -0.1) is 11.3 Å². The molecule has 1 aromatic heterocycles. The zero-order chi connectivity index (χ0) is 21.6. The maximum Gasteiger partial charge on any atom is 0.237 e. The van der Waals surface area contributed by atoms with Crippen molar-refractivity contribution in [1.82, 2.24) is 20.9 Å². The van der Waals surface area contributed by atoms with Crippen LogP contribution in [0.4, 0.5) is 5.69 Å². The average molecular weight is 458 g/mol. The second-order valence-electron chi connectivity index (χ2n) is 7.90. The van der Waals surface area contributed by atoms with E-state index in [1.807, 2.05) is 47.8 Å². The number of anilines is 1. The summed E-state index contributed by atoms with van der Waals surface area (Å²) in [5, 5.41) is 15.1. The molecule has 2 amide bonds. The van der Waals surface area contributed by atoms with Crippen LogP contribution < -0.4 is 21.3 Å². The van der Waals surface area contributed by atoms with Crippen LogP contribution in [-0.2, 0) is 16.1 Å². The number of para-hydroxylation sites is 1. The number of hydrogen-bond acceptors (Lipinski definition) is 5. The monoisotopic (exact) mass is 457 g/mol. The summed E-state index contributed by atoms with van der Waals surface area (Å²) in [6, 6.07) is 13.8. The van der Waals surface area contributed by atoms with Gasteiger partial charge in [0.05, 0.1) is 12.6 Å². The second-order valence-corrected chi connectivity index (χ2v) is 9.34. The number of nitrogens with zero attached hydrogens (tertiary/aromatic N) is 1. The molecule has 4 N–H and O–H groups in total. The maximum atomic E-state index is 12.4. The number of carbonyl (C=O) groups is 2. The zero-order valence-corrected chi connectivity index (χ0v) is 18.8. The number of thiocarbonyl (C=S) groups is 1. The standard InChI is InChI=1S/C22H27N5O2S2/c28-20(23-13-18-7-4-10-31-18)9-8-17-12-24-21(29)19-11-16(14-27(17)19)26-22(30)25-15-5-2-1-3-6-15/h1-7,10,16-17,19H,8-9,11-14H2,(H,23,28)(H,24,29)(H2,25,26,30). The first-order chi connectivity index (χ1) is 15.1. The predicted molar refractivity (Wildman–Crippen MR) is 127 cm³/mol. The number of hydrogen-bond donors (Lipinski definition) is 4. The van der Waals surface area contributed by atoms with Crippen LogP contribution in [0.5, 0.6) is 0 Å². The first-order valence-electron chi connectivity index (χ1n) is 10.5. The minimum atomic E-state index is -0.176. The van der Waals surface area contributed by atoms with Gasteiger partial charge in [-0.2, -0.15) is 0 Å². The molecule has 2 aliphatic heterocycles. The van der Waals surface area contributed by atoms with Gasteiger partial charge in [-0.25, -0.2) is 0 Å². The van der Waals surface area contributed by atoms with Crippen molar-refractivity contribution in [3.63, 3.8) is 0 Å². The largest absolute Gasteiger partial charge is 0.358 e. The van der Waals surface area contributed by atoms with E-state index < -0.39 is 0 Å². The van der Waals surface area contributed by atoms with Crippen LogP contribution >= 0.6 is 23.6 Å². The van der Waals surface area contributed by atoms with Crippen molar-refractivity contribution in [2.45, 2.75) is 43.9 Å². The van der Waals surface area contributed by atoms with Crippen LogP contribution in [0, 0.1) is 0 Å². The Labute approximate surface area is 191 Å². The fourth-order valence-corrected chi connectivity index (χ4v) is 5.14. The van der Waals surface area contributed by atoms with Crippen LogP contribution in [0.25, 0.3) is 0 Å². The van der Waals surface area contributed by atoms with Crippen molar-refractivity contribution in [2.75, 3.05) is 18.4 Å². The molecule has 2 saturated heterocycles. The third-order valence-corrected chi connectivity index (χ3v) is 6.83. The Bertz CT molecular complexity index is 906. The molecule has 2 aromatic rings. The molecule has 9 heteroatoms. The lowest BCUT2D eigenvalue weighted by Crippen LogP contribution is -2.58. The molecule has 0 spiro atoms. The van der Waals surface area contributed by atoms with Crippen molar-refractivity contribution in [2.24, 2.45) is 0 Å². The summed E-state index contributed by atoms with van der Waals surface area (Å²) in [4.78, 5) is 28.1. The molecular formula is C22H27N5O2S2. The van der Waals surface area contributed by atoms with E-state index in [4.69, 9.17) is 12.2 Å². The number of nitrogens with one attached hydrogen (secondary N) is 4. The van der Waals surface area contributed by atoms with E-state index in [2.05, 4.69) is 26.2 Å². The third kappa shape index (κ3) is 5.81. The van der Waals surface area contributed by atoms with Gasteiger partial charge in [-0.1, -0.05) is 24.3 Å². The van der Waals surface area contributed by atoms with E-state index in [-0.39, 0.29) is 29.9 Å². The topological polar surface area (TPSA) is 85.5 Å². The summed E-state index contributed by atoms with van der Waals surface area (Å²) in [6.07, 6.45) is 1.86. The highest BCUT2D eigenvalue weighted by Gasteiger charge is 2.43. The summed E-state index contributed by atoms with van der Waals surface area (Å²) in [7, 11) is 0. The third-order valence-electron chi connectivity index (χ3n) is 5.73. The van der Waals surface area contributed by atoms with Gasteiger partial charge >= 0.3 is 0 Å². The fraction of sp³-hybridized carbons (Fsp3) is 0.409. The molecule has 1 aromatic carbocycles. The number of carbonyl (C=O) groups excluding carboxylic acids is 2. The fourth-order valence-electron chi connectivity index (χ4n) is 4.21. The molecule has 0 aliphatic carbocycles. The lowest BCUT2D eigenvalue weighted by Gasteiger charge is -2.37. The molecule has 0 radical (unpaired) electrons. The van der Waals surface area contributed by atoms with Crippen molar-refractivity contribution >= 4 is 46.2 Å². The highest BCUT2D eigenvalue weighted by molar-refractivity contribution is 7.80. The van der Waals surface area contributed by atoms with Crippen molar-refractivity contribution in [1.29, 1.82) is 0 Å². The van der Waals surface area contributed by atoms with Gasteiger partial charge in [0.25, 0.3) is 0 Å². The molecule has 0 bridgehead atoms. The van der Waals surface area contributed by atoms with E-state index in [0.29, 0.717) is 37.5 Å². The summed E-state index contributed by atoms with van der Waals surface area (Å²) in [6.45, 7) is 1.88. The van der Waals surface area contributed by atoms with Gasteiger partial charge in [0, 0.05) is 42.2 Å². The van der Waals surface area contributed by atoms with Gasteiger partial charge in [-0.05, 0) is 48.6 Å². The molecule has 3 atom stereocenters. The Kier molecular flexibility index (Phi) is 7.16. The van der Waals surface area contributed by atoms with E-state index >= 15 is 0 Å². The molecule has 0 saturated carbocycles. The van der Waals surface area contributed by atoms with Gasteiger partial charge in [0.2, 0.25) is 11.8 Å². The summed E-state index contributed by atoms with van der Waals surface area (Å²) in [5.41, 5.74) is 0.930. The quantitative estimate of drug-likeness (QED) is 0.477. The van der Waals surface area contributed by atoms with E-state index in [1.54, 1.807) is 11.3 Å². The first kappa shape index (κ1) is 21.7. The molecule has 2 fully saturated rings. The predicted octanol–water partition coefficient (Wildman–Crippen LogP) is 2.07. The minimum Gasteiger partial charge on any atom is -0.358 e. The van der Waals surface area contributed by atoms with E-state index in [0.717, 1.165) is 17.1 Å². The Morgan fingerprint density at radius 3 is 2.84 bits per heavy atom. The number of fused-ring (bicyclic) bond motifs is 1. The second kappa shape index (κ2) is 10.2. The highest BCUT2D eigenvalue weighted by atomic mass is 32.1. The Morgan fingerprint density at radius 1 is 1.23 bits per heavy atom. The SMILES string of the molecule is O=C(CCC1CNC(=O)C2CC(NC(=S)Nc3ccccc3)CN12)NCc1cccs1. The van der Waals surface area contributed by atoms with Crippen LogP contribution in [0.3, 0.4) is 0 Å². The van der Waals surface area contributed by atoms with Crippen molar-refractivity contribution < 1.29 is 9.59 Å². The Hall–Kier alpha value is -2.49. The van der Waals surface area contributed by atoms with E-state index in [1.165, 1.54) is 0 Å². The summed E-state index contributed by atoms with van der Waals surface area (Å²) < 4.78 is 0. The minimum absolute atomic E-state index is 0.0453. The maximum absolute atomic E-state index is 12.4. The molecule has 7 nitrogen and oxygen atoms in total. The molecule has 2 aliphatic rings. The zero-order valence-electron chi connectivity index (χ0n) is 17.2. The van der Waals surface area contributed by atoms with Gasteiger partial charge in [0.1, 0.15) is 0 Å².